The van der Waals surface area contributed by atoms with E-state index in [2.05, 4.69) is 11.9 Å². The van der Waals surface area contributed by atoms with Crippen LogP contribution in [-0.2, 0) is 13.0 Å². The average Bonchev–Trinajstić information content (AvgIpc) is 2.59. The van der Waals surface area contributed by atoms with Crippen LogP contribution in [0.1, 0.15) is 31.9 Å². The molecule has 0 saturated carbocycles. The van der Waals surface area contributed by atoms with Crippen LogP contribution < -0.4 is 16.0 Å². The molecule has 0 bridgehead atoms. The number of aromatic amines is 1. The number of nitrogens with zero attached hydrogens (tertiary/aromatic N) is 1. The topological polar surface area (TPSA) is 64.1 Å². The standard InChI is InChI=1S/C20H22N2O3/c1-4-14-5-7-15(8-6-14)12-22-19(23)17-11-16(25-13(2)3)9-10-18(17)21-20(22)24/h5-11,13H,4,12H2,1-3H3,(H,21,24). The largest absolute Gasteiger partial charge is 0.491 e. The van der Waals surface area contributed by atoms with Crippen LogP contribution in [0.4, 0.5) is 0 Å². The van der Waals surface area contributed by atoms with Gasteiger partial charge in [0, 0.05) is 0 Å². The van der Waals surface area contributed by atoms with Crippen molar-refractivity contribution in [3.05, 3.63) is 74.4 Å². The molecule has 1 heterocycles. The highest BCUT2D eigenvalue weighted by atomic mass is 16.5. The Balaban J connectivity index is 2.04. The third kappa shape index (κ3) is 3.65. The van der Waals surface area contributed by atoms with E-state index in [0.717, 1.165) is 12.0 Å². The van der Waals surface area contributed by atoms with Crippen molar-refractivity contribution < 1.29 is 4.74 Å². The van der Waals surface area contributed by atoms with Crippen LogP contribution in [0, 0.1) is 0 Å². The molecule has 1 N–H and O–H groups in total. The number of fused-ring (bicyclic) bond motifs is 1. The molecule has 0 spiro atoms. The maximum absolute atomic E-state index is 12.8. The van der Waals surface area contributed by atoms with Crippen molar-refractivity contribution in [2.45, 2.75) is 39.8 Å². The van der Waals surface area contributed by atoms with E-state index in [1.54, 1.807) is 18.2 Å². The van der Waals surface area contributed by atoms with Crippen molar-refractivity contribution in [3.8, 4) is 5.75 Å². The van der Waals surface area contributed by atoms with Crippen LogP contribution in [0.5, 0.6) is 5.75 Å². The van der Waals surface area contributed by atoms with Crippen molar-refractivity contribution in [1.29, 1.82) is 0 Å². The van der Waals surface area contributed by atoms with Crippen LogP contribution in [-0.4, -0.2) is 15.7 Å². The molecule has 0 aliphatic carbocycles. The Morgan fingerprint density at radius 2 is 1.72 bits per heavy atom. The molecule has 0 unspecified atom stereocenters. The summed E-state index contributed by atoms with van der Waals surface area (Å²) < 4.78 is 6.88. The summed E-state index contributed by atoms with van der Waals surface area (Å²) in [5.74, 6) is 0.616. The molecule has 25 heavy (non-hydrogen) atoms. The summed E-state index contributed by atoms with van der Waals surface area (Å²) in [4.78, 5) is 27.9. The predicted octanol–water partition coefficient (Wildman–Crippen LogP) is 3.09. The summed E-state index contributed by atoms with van der Waals surface area (Å²) in [5.41, 5.74) is 1.93. The first-order valence-corrected chi connectivity index (χ1v) is 8.49. The number of hydrogen-bond donors (Lipinski definition) is 1. The van der Waals surface area contributed by atoms with Crippen LogP contribution in [0.25, 0.3) is 10.9 Å². The first kappa shape index (κ1) is 17.0. The van der Waals surface area contributed by atoms with Crippen molar-refractivity contribution in [2.75, 3.05) is 0 Å². The Hall–Kier alpha value is -2.82. The van der Waals surface area contributed by atoms with Crippen molar-refractivity contribution in [1.82, 2.24) is 9.55 Å². The second kappa shape index (κ2) is 6.97. The van der Waals surface area contributed by atoms with E-state index in [4.69, 9.17) is 4.74 Å². The molecule has 0 aliphatic rings. The summed E-state index contributed by atoms with van der Waals surface area (Å²) in [6.45, 7) is 6.18. The first-order chi connectivity index (χ1) is 12.0. The van der Waals surface area contributed by atoms with Crippen LogP contribution in [0.2, 0.25) is 0 Å². The minimum absolute atomic E-state index is 0.0134. The van der Waals surface area contributed by atoms with Gasteiger partial charge in [0.25, 0.3) is 5.56 Å². The summed E-state index contributed by atoms with van der Waals surface area (Å²) in [6, 6.07) is 13.1. The molecule has 3 aromatic rings. The fourth-order valence-corrected chi connectivity index (χ4v) is 2.78. The molecule has 3 rings (SSSR count). The Morgan fingerprint density at radius 1 is 1.04 bits per heavy atom. The predicted molar refractivity (Wildman–Crippen MR) is 99.5 cm³/mol. The van der Waals surface area contributed by atoms with Gasteiger partial charge in [-0.3, -0.25) is 9.36 Å². The molecular formula is C20H22N2O3. The minimum atomic E-state index is -0.408. The van der Waals surface area contributed by atoms with Crippen molar-refractivity contribution in [3.63, 3.8) is 0 Å². The number of ether oxygens (including phenoxy) is 1. The fraction of sp³-hybridized carbons (Fsp3) is 0.300. The number of aromatic nitrogens is 2. The van der Waals surface area contributed by atoms with Gasteiger partial charge in [0.05, 0.1) is 23.6 Å². The number of aryl methyl sites for hydroxylation is 1. The molecule has 0 amide bonds. The van der Waals surface area contributed by atoms with Gasteiger partial charge < -0.3 is 9.72 Å². The van der Waals surface area contributed by atoms with Gasteiger partial charge in [0.15, 0.2) is 0 Å². The molecular weight excluding hydrogens is 316 g/mol. The van der Waals surface area contributed by atoms with Gasteiger partial charge >= 0.3 is 5.69 Å². The molecule has 0 atom stereocenters. The molecule has 0 radical (unpaired) electrons. The number of rotatable bonds is 5. The van der Waals surface area contributed by atoms with Gasteiger partial charge in [-0.05, 0) is 49.6 Å². The van der Waals surface area contributed by atoms with Crippen LogP contribution in [0.3, 0.4) is 0 Å². The smallest absolute Gasteiger partial charge is 0.329 e. The second-order valence-electron chi connectivity index (χ2n) is 6.37. The van der Waals surface area contributed by atoms with Gasteiger partial charge in [0.2, 0.25) is 0 Å². The van der Waals surface area contributed by atoms with Crippen molar-refractivity contribution in [2.24, 2.45) is 0 Å². The van der Waals surface area contributed by atoms with Crippen LogP contribution in [0.15, 0.2) is 52.1 Å². The normalized spacial score (nSPS) is 11.2. The van der Waals surface area contributed by atoms with E-state index in [1.165, 1.54) is 10.1 Å². The molecule has 0 fully saturated rings. The summed E-state index contributed by atoms with van der Waals surface area (Å²) in [5, 5.41) is 0.447. The van der Waals surface area contributed by atoms with Gasteiger partial charge in [-0.25, -0.2) is 4.79 Å². The van der Waals surface area contributed by atoms with Gasteiger partial charge in [-0.1, -0.05) is 31.2 Å². The quantitative estimate of drug-likeness (QED) is 0.777. The third-order valence-corrected chi connectivity index (χ3v) is 4.10. The number of benzene rings is 2. The van der Waals surface area contributed by atoms with Gasteiger partial charge in [0.1, 0.15) is 5.75 Å². The third-order valence-electron chi connectivity index (χ3n) is 4.10. The maximum atomic E-state index is 12.8. The van der Waals surface area contributed by atoms with E-state index in [1.807, 2.05) is 38.1 Å². The number of nitrogens with one attached hydrogen (secondary N) is 1. The SMILES string of the molecule is CCc1ccc(Cn2c(=O)[nH]c3ccc(OC(C)C)cc3c2=O)cc1. The lowest BCUT2D eigenvalue weighted by Gasteiger charge is -2.11. The zero-order valence-corrected chi connectivity index (χ0v) is 14.7. The zero-order valence-electron chi connectivity index (χ0n) is 14.7. The lowest BCUT2D eigenvalue weighted by molar-refractivity contribution is 0.242. The molecule has 5 heteroatoms. The van der Waals surface area contributed by atoms with Crippen LogP contribution >= 0.6 is 0 Å². The van der Waals surface area contributed by atoms with Gasteiger partial charge in [-0.15, -0.1) is 0 Å². The summed E-state index contributed by atoms with van der Waals surface area (Å²) in [6.07, 6.45) is 0.967. The van der Waals surface area contributed by atoms with Gasteiger partial charge in [-0.2, -0.15) is 0 Å². The van der Waals surface area contributed by atoms with E-state index < -0.39 is 5.69 Å². The fourth-order valence-electron chi connectivity index (χ4n) is 2.78. The molecule has 5 nitrogen and oxygen atoms in total. The molecule has 2 aromatic carbocycles. The van der Waals surface area contributed by atoms with E-state index in [0.29, 0.717) is 16.7 Å². The zero-order chi connectivity index (χ0) is 18.0. The summed E-state index contributed by atoms with van der Waals surface area (Å²) in [7, 11) is 0. The monoisotopic (exact) mass is 338 g/mol. The Morgan fingerprint density at radius 3 is 2.36 bits per heavy atom. The van der Waals surface area contributed by atoms with Crippen molar-refractivity contribution >= 4 is 10.9 Å². The summed E-state index contributed by atoms with van der Waals surface area (Å²) >= 11 is 0. The maximum Gasteiger partial charge on any atom is 0.329 e. The van der Waals surface area contributed by atoms with E-state index >= 15 is 0 Å². The second-order valence-corrected chi connectivity index (χ2v) is 6.37. The molecule has 1 aromatic heterocycles. The molecule has 0 saturated heterocycles. The highest BCUT2D eigenvalue weighted by Gasteiger charge is 2.10. The Kier molecular flexibility index (Phi) is 4.74. The highest BCUT2D eigenvalue weighted by Crippen LogP contribution is 2.17. The Bertz CT molecular complexity index is 998. The van der Waals surface area contributed by atoms with E-state index in [9.17, 15) is 9.59 Å². The average molecular weight is 338 g/mol. The number of hydrogen-bond acceptors (Lipinski definition) is 3. The molecule has 0 aliphatic heterocycles. The van der Waals surface area contributed by atoms with E-state index in [-0.39, 0.29) is 18.2 Å². The lowest BCUT2D eigenvalue weighted by atomic mass is 10.1. The first-order valence-electron chi connectivity index (χ1n) is 8.49. The minimum Gasteiger partial charge on any atom is -0.491 e. The molecule has 130 valence electrons. The highest BCUT2D eigenvalue weighted by molar-refractivity contribution is 5.78. The Labute approximate surface area is 145 Å². The number of H-pyrrole nitrogens is 1. The lowest BCUT2D eigenvalue weighted by Crippen LogP contribution is -2.35.